The largest absolute Gasteiger partial charge is 0.389 e. The predicted molar refractivity (Wildman–Crippen MR) is 43.1 cm³/mol. The third-order valence-corrected chi connectivity index (χ3v) is 2.64. The third-order valence-electron chi connectivity index (χ3n) is 1.83. The van der Waals surface area contributed by atoms with E-state index in [1.54, 1.807) is 0 Å². The number of nitriles is 1. The van der Waals surface area contributed by atoms with E-state index in [2.05, 4.69) is 0 Å². The molecule has 0 radical (unpaired) electrons. The van der Waals surface area contributed by atoms with Gasteiger partial charge in [-0.2, -0.15) is 5.26 Å². The molecular weight excluding hydrogens is 162 g/mol. The molecule has 1 heterocycles. The van der Waals surface area contributed by atoms with Gasteiger partial charge in [0, 0.05) is 31.8 Å². The molecule has 11 heavy (non-hydrogen) atoms. The maximum atomic E-state index is 9.75. The summed E-state index contributed by atoms with van der Waals surface area (Å²) in [4.78, 5) is 0. The summed E-state index contributed by atoms with van der Waals surface area (Å²) in [5, 5.41) is 20.0. The van der Waals surface area contributed by atoms with Crippen LogP contribution in [-0.2, 0) is 4.74 Å². The number of thioether (sulfide) groups is 1. The van der Waals surface area contributed by atoms with Gasteiger partial charge in [-0.15, -0.1) is 0 Å². The van der Waals surface area contributed by atoms with Crippen LogP contribution in [0.4, 0.5) is 0 Å². The molecule has 0 amide bonds. The lowest BCUT2D eigenvalue weighted by Crippen LogP contribution is -2.38. The lowest BCUT2D eigenvalue weighted by atomic mass is 9.97. The summed E-state index contributed by atoms with van der Waals surface area (Å²) in [6.45, 7) is 1.23. The highest BCUT2D eigenvalue weighted by atomic mass is 32.2. The second-order valence-electron chi connectivity index (χ2n) is 2.72. The van der Waals surface area contributed by atoms with Crippen LogP contribution in [0.3, 0.4) is 0 Å². The average molecular weight is 173 g/mol. The molecule has 62 valence electrons. The minimum atomic E-state index is -0.654. The van der Waals surface area contributed by atoms with Gasteiger partial charge in [-0.3, -0.25) is 0 Å². The molecule has 1 fully saturated rings. The predicted octanol–water partition coefficient (Wildman–Crippen LogP) is 0.742. The standard InChI is InChI=1S/C7H11NO2S/c8-6-11-5-7(9)1-3-10-4-2-7/h9H,1-5H2. The van der Waals surface area contributed by atoms with Gasteiger partial charge in [0.1, 0.15) is 5.40 Å². The summed E-state index contributed by atoms with van der Waals surface area (Å²) >= 11 is 1.11. The van der Waals surface area contributed by atoms with E-state index in [4.69, 9.17) is 10.00 Å². The van der Waals surface area contributed by atoms with Gasteiger partial charge in [-0.1, -0.05) is 0 Å². The maximum Gasteiger partial charge on any atom is 0.133 e. The van der Waals surface area contributed by atoms with Crippen LogP contribution in [0.2, 0.25) is 0 Å². The smallest absolute Gasteiger partial charge is 0.133 e. The summed E-state index contributed by atoms with van der Waals surface area (Å²) in [5.41, 5.74) is -0.654. The van der Waals surface area contributed by atoms with Crippen molar-refractivity contribution in [1.29, 1.82) is 5.26 Å². The van der Waals surface area contributed by atoms with Crippen molar-refractivity contribution in [3.05, 3.63) is 0 Å². The molecule has 0 atom stereocenters. The first-order valence-corrected chi connectivity index (χ1v) is 4.56. The van der Waals surface area contributed by atoms with Crippen LogP contribution < -0.4 is 0 Å². The number of thiocyanates is 1. The fourth-order valence-electron chi connectivity index (χ4n) is 1.06. The average Bonchev–Trinajstić information content (AvgIpc) is 2.03. The summed E-state index contributed by atoms with van der Waals surface area (Å²) in [7, 11) is 0. The first-order chi connectivity index (χ1) is 5.27. The lowest BCUT2D eigenvalue weighted by molar-refractivity contribution is -0.0475. The van der Waals surface area contributed by atoms with E-state index in [-0.39, 0.29) is 0 Å². The van der Waals surface area contributed by atoms with Crippen LogP contribution in [-0.4, -0.2) is 29.7 Å². The van der Waals surface area contributed by atoms with Crippen molar-refractivity contribution in [2.75, 3.05) is 19.0 Å². The first-order valence-electron chi connectivity index (χ1n) is 3.58. The SMILES string of the molecule is N#CSCC1(O)CCOCC1. The highest BCUT2D eigenvalue weighted by Crippen LogP contribution is 2.24. The van der Waals surface area contributed by atoms with Gasteiger partial charge in [-0.25, -0.2) is 0 Å². The Morgan fingerprint density at radius 2 is 2.18 bits per heavy atom. The van der Waals surface area contributed by atoms with Crippen LogP contribution in [0.15, 0.2) is 0 Å². The molecule has 0 unspecified atom stereocenters. The topological polar surface area (TPSA) is 53.2 Å². The molecule has 0 bridgehead atoms. The second kappa shape index (κ2) is 3.96. The molecule has 1 aliphatic heterocycles. The fourth-order valence-corrected chi connectivity index (χ4v) is 1.68. The Morgan fingerprint density at radius 1 is 1.55 bits per heavy atom. The summed E-state index contributed by atoms with van der Waals surface area (Å²) in [6.07, 6.45) is 1.31. The number of aliphatic hydroxyl groups is 1. The van der Waals surface area contributed by atoms with Crippen molar-refractivity contribution < 1.29 is 9.84 Å². The third kappa shape index (κ3) is 2.70. The van der Waals surface area contributed by atoms with Crippen molar-refractivity contribution in [3.63, 3.8) is 0 Å². The normalized spacial score (nSPS) is 22.5. The molecule has 3 nitrogen and oxygen atoms in total. The Balaban J connectivity index is 2.32. The van der Waals surface area contributed by atoms with E-state index in [1.165, 1.54) is 0 Å². The highest BCUT2D eigenvalue weighted by Gasteiger charge is 2.29. The van der Waals surface area contributed by atoms with E-state index in [0.29, 0.717) is 31.8 Å². The highest BCUT2D eigenvalue weighted by molar-refractivity contribution is 8.03. The number of hydrogen-bond donors (Lipinski definition) is 1. The van der Waals surface area contributed by atoms with Crippen molar-refractivity contribution in [3.8, 4) is 5.40 Å². The maximum absolute atomic E-state index is 9.75. The lowest BCUT2D eigenvalue weighted by Gasteiger charge is -2.30. The van der Waals surface area contributed by atoms with Crippen LogP contribution in [0.25, 0.3) is 0 Å². The zero-order valence-corrected chi connectivity index (χ0v) is 7.06. The van der Waals surface area contributed by atoms with Crippen LogP contribution >= 0.6 is 11.8 Å². The van der Waals surface area contributed by atoms with E-state index < -0.39 is 5.60 Å². The van der Waals surface area contributed by atoms with Gasteiger partial charge >= 0.3 is 0 Å². The summed E-state index contributed by atoms with van der Waals surface area (Å²) in [5.74, 6) is 0.507. The quantitative estimate of drug-likeness (QED) is 0.626. The number of nitrogens with zero attached hydrogens (tertiary/aromatic N) is 1. The molecule has 4 heteroatoms. The Morgan fingerprint density at radius 3 is 2.73 bits per heavy atom. The molecule has 0 aliphatic carbocycles. The van der Waals surface area contributed by atoms with Crippen LogP contribution in [0.5, 0.6) is 0 Å². The molecule has 0 aromatic carbocycles. The monoisotopic (exact) mass is 173 g/mol. The minimum Gasteiger partial charge on any atom is -0.389 e. The number of hydrogen-bond acceptors (Lipinski definition) is 4. The number of rotatable bonds is 2. The van der Waals surface area contributed by atoms with Gasteiger partial charge in [0.15, 0.2) is 0 Å². The van der Waals surface area contributed by atoms with Crippen LogP contribution in [0.1, 0.15) is 12.8 Å². The van der Waals surface area contributed by atoms with E-state index in [9.17, 15) is 5.11 Å². The van der Waals surface area contributed by atoms with Gasteiger partial charge in [0.2, 0.25) is 0 Å². The molecule has 0 aromatic heterocycles. The van der Waals surface area contributed by atoms with Crippen LogP contribution in [0, 0.1) is 10.7 Å². The molecule has 0 saturated carbocycles. The molecule has 1 saturated heterocycles. The molecule has 0 aromatic rings. The van der Waals surface area contributed by atoms with Gasteiger partial charge in [0.25, 0.3) is 0 Å². The fraction of sp³-hybridized carbons (Fsp3) is 0.857. The summed E-state index contributed by atoms with van der Waals surface area (Å²) in [6, 6.07) is 0. The van der Waals surface area contributed by atoms with E-state index >= 15 is 0 Å². The van der Waals surface area contributed by atoms with Gasteiger partial charge in [0.05, 0.1) is 5.60 Å². The Bertz CT molecular complexity index is 160. The van der Waals surface area contributed by atoms with Crippen molar-refractivity contribution in [1.82, 2.24) is 0 Å². The minimum absolute atomic E-state index is 0.507. The first kappa shape index (κ1) is 8.85. The summed E-state index contributed by atoms with van der Waals surface area (Å²) < 4.78 is 5.09. The zero-order chi connectivity index (χ0) is 8.16. The van der Waals surface area contributed by atoms with E-state index in [0.717, 1.165) is 11.8 Å². The molecule has 1 rings (SSSR count). The van der Waals surface area contributed by atoms with E-state index in [1.807, 2.05) is 5.40 Å². The van der Waals surface area contributed by atoms with Crippen molar-refractivity contribution in [2.45, 2.75) is 18.4 Å². The second-order valence-corrected chi connectivity index (χ2v) is 3.48. The Labute approximate surface area is 70.3 Å². The van der Waals surface area contributed by atoms with Crippen molar-refractivity contribution in [2.24, 2.45) is 0 Å². The Kier molecular flexibility index (Phi) is 3.18. The van der Waals surface area contributed by atoms with Gasteiger partial charge in [-0.05, 0) is 11.8 Å². The number of ether oxygens (including phenoxy) is 1. The van der Waals surface area contributed by atoms with Gasteiger partial charge < -0.3 is 9.84 Å². The molecule has 0 spiro atoms. The Hall–Kier alpha value is -0.240. The zero-order valence-electron chi connectivity index (χ0n) is 6.25. The molecule has 1 aliphatic rings. The molecular formula is C7H11NO2S. The molecule has 1 N–H and O–H groups in total. The van der Waals surface area contributed by atoms with Crippen molar-refractivity contribution >= 4 is 11.8 Å².